The molecule has 0 spiro atoms. The zero-order chi connectivity index (χ0) is 16.2. The van der Waals surface area contributed by atoms with Crippen LogP contribution in [0.5, 0.6) is 5.75 Å². The van der Waals surface area contributed by atoms with E-state index in [-0.39, 0.29) is 12.0 Å². The van der Waals surface area contributed by atoms with E-state index in [1.54, 1.807) is 13.0 Å². The van der Waals surface area contributed by atoms with E-state index in [1.807, 2.05) is 34.0 Å². The van der Waals surface area contributed by atoms with Gasteiger partial charge in [0.1, 0.15) is 24.2 Å². The molecule has 0 unspecified atom stereocenters. The average molecular weight is 316 g/mol. The number of likely N-dealkylation sites (tertiary alicyclic amines) is 1. The molecule has 3 rings (SSSR count). The first kappa shape index (κ1) is 15.4. The maximum absolute atomic E-state index is 12.2. The second-order valence-corrected chi connectivity index (χ2v) is 5.78. The molecule has 6 nitrogen and oxygen atoms in total. The highest BCUT2D eigenvalue weighted by atomic mass is 16.5. The second kappa shape index (κ2) is 6.73. The number of carbonyl (C=O) groups is 1. The molecule has 0 radical (unpaired) electrons. The molecule has 6 heteroatoms. The van der Waals surface area contributed by atoms with Gasteiger partial charge >= 0.3 is 5.63 Å². The Labute approximate surface area is 134 Å². The van der Waals surface area contributed by atoms with Crippen molar-refractivity contribution in [2.75, 3.05) is 13.1 Å². The molecule has 1 saturated heterocycles. The van der Waals surface area contributed by atoms with E-state index in [0.717, 1.165) is 12.8 Å². The Hall–Kier alpha value is -2.50. The van der Waals surface area contributed by atoms with Crippen molar-refractivity contribution in [3.8, 4) is 5.75 Å². The van der Waals surface area contributed by atoms with E-state index in [9.17, 15) is 9.59 Å². The van der Waals surface area contributed by atoms with Gasteiger partial charge in [0.15, 0.2) is 0 Å². The number of hydrogen-bond donors (Lipinski definition) is 0. The lowest BCUT2D eigenvalue weighted by molar-refractivity contribution is -0.133. The molecule has 0 N–H and O–H groups in total. The van der Waals surface area contributed by atoms with Crippen molar-refractivity contribution < 1.29 is 13.9 Å². The van der Waals surface area contributed by atoms with Gasteiger partial charge in [0.25, 0.3) is 0 Å². The van der Waals surface area contributed by atoms with E-state index < -0.39 is 5.63 Å². The predicted octanol–water partition coefficient (Wildman–Crippen LogP) is 1.82. The molecule has 0 bridgehead atoms. The van der Waals surface area contributed by atoms with E-state index >= 15 is 0 Å². The number of amides is 1. The van der Waals surface area contributed by atoms with Crippen LogP contribution in [0.3, 0.4) is 0 Å². The standard InChI is InChI=1S/C17H20N2O4/c1-13-10-15(11-17(21)22-13)23-14-4-8-19(9-5-14)16(20)12-18-6-2-3-7-18/h2-3,6-7,10-11,14H,4-5,8-9,12H2,1H3. The van der Waals surface area contributed by atoms with Gasteiger partial charge in [-0.2, -0.15) is 0 Å². The number of ether oxygens (including phenoxy) is 1. The maximum Gasteiger partial charge on any atom is 0.339 e. The Morgan fingerprint density at radius 3 is 2.61 bits per heavy atom. The molecular weight excluding hydrogens is 296 g/mol. The molecule has 122 valence electrons. The first-order valence-corrected chi connectivity index (χ1v) is 7.77. The van der Waals surface area contributed by atoms with Gasteiger partial charge in [0.2, 0.25) is 5.91 Å². The van der Waals surface area contributed by atoms with Crippen LogP contribution in [0.1, 0.15) is 18.6 Å². The van der Waals surface area contributed by atoms with Crippen molar-refractivity contribution in [2.45, 2.75) is 32.4 Å². The molecule has 1 amide bonds. The van der Waals surface area contributed by atoms with Crippen LogP contribution in [0.25, 0.3) is 0 Å². The Morgan fingerprint density at radius 2 is 1.96 bits per heavy atom. The highest BCUT2D eigenvalue weighted by Crippen LogP contribution is 2.19. The highest BCUT2D eigenvalue weighted by Gasteiger charge is 2.24. The maximum atomic E-state index is 12.2. The molecule has 1 aliphatic heterocycles. The highest BCUT2D eigenvalue weighted by molar-refractivity contribution is 5.76. The van der Waals surface area contributed by atoms with Crippen LogP contribution >= 0.6 is 0 Å². The topological polar surface area (TPSA) is 64.7 Å². The zero-order valence-electron chi connectivity index (χ0n) is 13.1. The molecular formula is C17H20N2O4. The van der Waals surface area contributed by atoms with E-state index in [0.29, 0.717) is 31.1 Å². The minimum Gasteiger partial charge on any atom is -0.490 e. The number of rotatable bonds is 4. The Kier molecular flexibility index (Phi) is 4.50. The summed E-state index contributed by atoms with van der Waals surface area (Å²) >= 11 is 0. The fourth-order valence-electron chi connectivity index (χ4n) is 2.79. The van der Waals surface area contributed by atoms with Gasteiger partial charge in [-0.1, -0.05) is 0 Å². The molecule has 3 heterocycles. The third-order valence-corrected chi connectivity index (χ3v) is 3.95. The molecule has 2 aromatic heterocycles. The van der Waals surface area contributed by atoms with Crippen molar-refractivity contribution in [2.24, 2.45) is 0 Å². The lowest BCUT2D eigenvalue weighted by Gasteiger charge is -2.32. The van der Waals surface area contributed by atoms with Crippen LogP contribution in [0, 0.1) is 6.92 Å². The van der Waals surface area contributed by atoms with Crippen molar-refractivity contribution in [3.63, 3.8) is 0 Å². The molecule has 0 saturated carbocycles. The van der Waals surface area contributed by atoms with Crippen LogP contribution in [0.15, 0.2) is 45.9 Å². The lowest BCUT2D eigenvalue weighted by Crippen LogP contribution is -2.43. The van der Waals surface area contributed by atoms with E-state index in [1.165, 1.54) is 6.07 Å². The Morgan fingerprint density at radius 1 is 1.26 bits per heavy atom. The molecule has 1 aliphatic rings. The second-order valence-electron chi connectivity index (χ2n) is 5.78. The van der Waals surface area contributed by atoms with Crippen LogP contribution in [-0.2, 0) is 11.3 Å². The van der Waals surface area contributed by atoms with Crippen molar-refractivity contribution in [1.82, 2.24) is 9.47 Å². The number of piperidine rings is 1. The van der Waals surface area contributed by atoms with Crippen molar-refractivity contribution >= 4 is 5.91 Å². The van der Waals surface area contributed by atoms with Gasteiger partial charge in [-0.05, 0) is 19.1 Å². The predicted molar refractivity (Wildman–Crippen MR) is 84.4 cm³/mol. The van der Waals surface area contributed by atoms with E-state index in [4.69, 9.17) is 9.15 Å². The van der Waals surface area contributed by atoms with Crippen LogP contribution in [0.2, 0.25) is 0 Å². The average Bonchev–Trinajstić information content (AvgIpc) is 3.00. The molecule has 0 aromatic carbocycles. The number of hydrogen-bond acceptors (Lipinski definition) is 4. The summed E-state index contributed by atoms with van der Waals surface area (Å²) in [4.78, 5) is 25.4. The van der Waals surface area contributed by atoms with Crippen LogP contribution in [-0.4, -0.2) is 34.6 Å². The summed E-state index contributed by atoms with van der Waals surface area (Å²) in [5.41, 5.74) is -0.403. The largest absolute Gasteiger partial charge is 0.490 e. The van der Waals surface area contributed by atoms with Crippen LogP contribution < -0.4 is 10.4 Å². The molecule has 2 aromatic rings. The Bertz CT molecular complexity index is 712. The normalized spacial score (nSPS) is 15.6. The summed E-state index contributed by atoms with van der Waals surface area (Å²) in [6.45, 7) is 3.44. The smallest absolute Gasteiger partial charge is 0.339 e. The van der Waals surface area contributed by atoms with Gasteiger partial charge in [0.05, 0.1) is 6.07 Å². The first-order valence-electron chi connectivity index (χ1n) is 7.77. The molecule has 0 atom stereocenters. The lowest BCUT2D eigenvalue weighted by atomic mass is 10.1. The van der Waals surface area contributed by atoms with Crippen LogP contribution in [0.4, 0.5) is 0 Å². The minimum atomic E-state index is -0.403. The van der Waals surface area contributed by atoms with E-state index in [2.05, 4.69) is 0 Å². The minimum absolute atomic E-state index is 0.0202. The third kappa shape index (κ3) is 4.03. The molecule has 0 aliphatic carbocycles. The number of aryl methyl sites for hydroxylation is 1. The molecule has 23 heavy (non-hydrogen) atoms. The number of carbonyl (C=O) groups excluding carboxylic acids is 1. The van der Waals surface area contributed by atoms with Crippen molar-refractivity contribution in [1.29, 1.82) is 0 Å². The zero-order valence-corrected chi connectivity index (χ0v) is 13.1. The third-order valence-electron chi connectivity index (χ3n) is 3.95. The van der Waals surface area contributed by atoms with Gasteiger partial charge < -0.3 is 18.6 Å². The number of nitrogens with zero attached hydrogens (tertiary/aromatic N) is 2. The summed E-state index contributed by atoms with van der Waals surface area (Å²) in [5, 5.41) is 0. The summed E-state index contributed by atoms with van der Waals surface area (Å²) in [6.07, 6.45) is 5.31. The Balaban J connectivity index is 1.52. The monoisotopic (exact) mass is 316 g/mol. The quantitative estimate of drug-likeness (QED) is 0.863. The summed E-state index contributed by atoms with van der Waals surface area (Å²) in [5.74, 6) is 1.19. The van der Waals surface area contributed by atoms with Gasteiger partial charge in [-0.3, -0.25) is 4.79 Å². The summed E-state index contributed by atoms with van der Waals surface area (Å²) < 4.78 is 12.6. The SMILES string of the molecule is Cc1cc(OC2CCN(C(=O)Cn3cccc3)CC2)cc(=O)o1. The molecule has 1 fully saturated rings. The summed E-state index contributed by atoms with van der Waals surface area (Å²) in [6, 6.07) is 6.89. The van der Waals surface area contributed by atoms with Gasteiger partial charge in [-0.15, -0.1) is 0 Å². The number of aromatic nitrogens is 1. The van der Waals surface area contributed by atoms with Gasteiger partial charge in [-0.25, -0.2) is 4.79 Å². The fraction of sp³-hybridized carbons (Fsp3) is 0.412. The first-order chi connectivity index (χ1) is 11.1. The summed E-state index contributed by atoms with van der Waals surface area (Å²) in [7, 11) is 0. The van der Waals surface area contributed by atoms with Gasteiger partial charge in [0, 0.05) is 44.4 Å². The van der Waals surface area contributed by atoms with Crippen molar-refractivity contribution in [3.05, 3.63) is 52.8 Å². The fourth-order valence-corrected chi connectivity index (χ4v) is 2.79.